The molecule has 0 saturated carbocycles. The van der Waals surface area contributed by atoms with E-state index in [0.717, 1.165) is 22.0 Å². The first kappa shape index (κ1) is 14.6. The van der Waals surface area contributed by atoms with Crippen molar-refractivity contribution in [2.45, 2.75) is 13.0 Å². The lowest BCUT2D eigenvalue weighted by Crippen LogP contribution is -1.98. The molecule has 0 spiro atoms. The molecular weight excluding hydrogens is 281 g/mol. The van der Waals surface area contributed by atoms with Crippen LogP contribution in [0.25, 0.3) is 10.9 Å². The van der Waals surface area contributed by atoms with Gasteiger partial charge in [0.1, 0.15) is 18.2 Å². The minimum atomic E-state index is -0.327. The molecule has 0 unspecified atom stereocenters. The topological polar surface area (TPSA) is 34.4 Å². The first-order valence-corrected chi connectivity index (χ1v) is 7.24. The van der Waals surface area contributed by atoms with Gasteiger partial charge in [0.25, 0.3) is 0 Å². The molecule has 1 N–H and O–H groups in total. The fraction of sp³-hybridized carbons (Fsp3) is 0.222. The molecule has 0 fully saturated rings. The summed E-state index contributed by atoms with van der Waals surface area (Å²) in [5.41, 5.74) is 2.76. The summed E-state index contributed by atoms with van der Waals surface area (Å²) in [5.74, 6) is 0.190. The van der Waals surface area contributed by atoms with Gasteiger partial charge >= 0.3 is 0 Å². The summed E-state index contributed by atoms with van der Waals surface area (Å²) in [6.07, 6.45) is 2.43. The molecule has 0 aliphatic rings. The summed E-state index contributed by atoms with van der Waals surface area (Å²) in [7, 11) is 1.86. The van der Waals surface area contributed by atoms with Crippen LogP contribution in [0.2, 0.25) is 0 Å². The average molecular weight is 299 g/mol. The van der Waals surface area contributed by atoms with E-state index < -0.39 is 0 Å². The zero-order chi connectivity index (χ0) is 15.5. The van der Waals surface area contributed by atoms with Gasteiger partial charge in [-0.05, 0) is 23.6 Å². The zero-order valence-corrected chi connectivity index (χ0v) is 12.4. The van der Waals surface area contributed by atoms with Crippen molar-refractivity contribution in [3.8, 4) is 5.75 Å². The summed E-state index contributed by atoms with van der Waals surface area (Å²) >= 11 is 0. The van der Waals surface area contributed by atoms with Gasteiger partial charge < -0.3 is 14.4 Å². The number of nitrogens with zero attached hydrogens (tertiary/aromatic N) is 1. The maximum atomic E-state index is 13.9. The number of benzene rings is 2. The van der Waals surface area contributed by atoms with Crippen molar-refractivity contribution in [3.63, 3.8) is 0 Å². The highest BCUT2D eigenvalue weighted by molar-refractivity contribution is 5.90. The van der Waals surface area contributed by atoms with E-state index in [4.69, 9.17) is 4.74 Å². The largest absolute Gasteiger partial charge is 0.488 e. The molecule has 0 aliphatic heterocycles. The van der Waals surface area contributed by atoms with Gasteiger partial charge in [-0.2, -0.15) is 0 Å². The van der Waals surface area contributed by atoms with Gasteiger partial charge in [-0.1, -0.05) is 30.3 Å². The maximum Gasteiger partial charge on any atom is 0.132 e. The number of aromatic nitrogens is 1. The molecule has 114 valence electrons. The third-order valence-electron chi connectivity index (χ3n) is 3.72. The first-order chi connectivity index (χ1) is 10.7. The van der Waals surface area contributed by atoms with Crippen LogP contribution < -0.4 is 4.74 Å². The number of fused-ring (bicyclic) bond motifs is 1. The lowest BCUT2D eigenvalue weighted by molar-refractivity contribution is 0.298. The lowest BCUT2D eigenvalue weighted by atomic mass is 10.1. The van der Waals surface area contributed by atoms with E-state index in [1.54, 1.807) is 0 Å². The first-order valence-electron chi connectivity index (χ1n) is 7.24. The van der Waals surface area contributed by atoms with Gasteiger partial charge in [0.2, 0.25) is 0 Å². The van der Waals surface area contributed by atoms with Gasteiger partial charge in [0, 0.05) is 31.3 Å². The molecule has 0 amide bonds. The number of ether oxygens (including phenoxy) is 1. The number of hydrogen-bond donors (Lipinski definition) is 1. The van der Waals surface area contributed by atoms with Crippen molar-refractivity contribution in [1.29, 1.82) is 0 Å². The smallest absolute Gasteiger partial charge is 0.132 e. The molecule has 1 heterocycles. The van der Waals surface area contributed by atoms with Gasteiger partial charge in [0.15, 0.2) is 0 Å². The average Bonchev–Trinajstić information content (AvgIpc) is 2.83. The normalized spacial score (nSPS) is 11.0. The van der Waals surface area contributed by atoms with E-state index in [2.05, 4.69) is 0 Å². The van der Waals surface area contributed by atoms with Crippen LogP contribution in [0.5, 0.6) is 5.75 Å². The Hall–Kier alpha value is -2.33. The maximum absolute atomic E-state index is 13.9. The van der Waals surface area contributed by atoms with Crippen molar-refractivity contribution in [1.82, 2.24) is 4.57 Å². The summed E-state index contributed by atoms with van der Waals surface area (Å²) in [4.78, 5) is 0. The van der Waals surface area contributed by atoms with Gasteiger partial charge in [-0.15, -0.1) is 0 Å². The Bertz CT molecular complexity index is 781. The second-order valence-corrected chi connectivity index (χ2v) is 5.31. The highest BCUT2D eigenvalue weighted by atomic mass is 19.1. The molecule has 1 aromatic heterocycles. The van der Waals surface area contributed by atoms with E-state index in [-0.39, 0.29) is 12.4 Å². The molecule has 0 saturated heterocycles. The molecule has 3 rings (SSSR count). The predicted molar refractivity (Wildman–Crippen MR) is 84.4 cm³/mol. The fourth-order valence-electron chi connectivity index (χ4n) is 2.70. The summed E-state index contributed by atoms with van der Waals surface area (Å²) in [6.45, 7) is 0.432. The van der Waals surface area contributed by atoms with Crippen LogP contribution in [0.1, 0.15) is 11.1 Å². The number of hydrogen-bond acceptors (Lipinski definition) is 2. The molecule has 3 aromatic rings. The van der Waals surface area contributed by atoms with Crippen LogP contribution in [0.3, 0.4) is 0 Å². The third kappa shape index (κ3) is 2.83. The lowest BCUT2D eigenvalue weighted by Gasteiger charge is -2.10. The van der Waals surface area contributed by atoms with Crippen molar-refractivity contribution in [3.05, 3.63) is 65.6 Å². The Morgan fingerprint density at radius 3 is 2.68 bits per heavy atom. The highest BCUT2D eigenvalue weighted by Gasteiger charge is 2.14. The van der Waals surface area contributed by atoms with E-state index in [0.29, 0.717) is 18.8 Å². The molecule has 22 heavy (non-hydrogen) atoms. The molecular formula is C18H18FNO2. The number of aliphatic hydroxyl groups excluding tert-OH is 1. The van der Waals surface area contributed by atoms with Crippen molar-refractivity contribution >= 4 is 10.9 Å². The second-order valence-electron chi connectivity index (χ2n) is 5.31. The van der Waals surface area contributed by atoms with Crippen LogP contribution in [0.15, 0.2) is 48.7 Å². The van der Waals surface area contributed by atoms with Crippen LogP contribution >= 0.6 is 0 Å². The number of aliphatic hydroxyl groups is 1. The van der Waals surface area contributed by atoms with E-state index in [9.17, 15) is 9.50 Å². The molecule has 4 heteroatoms. The van der Waals surface area contributed by atoms with Gasteiger partial charge in [0.05, 0.1) is 5.52 Å². The molecule has 0 radical (unpaired) electrons. The Kier molecular flexibility index (Phi) is 4.11. The Morgan fingerprint density at radius 1 is 1.18 bits per heavy atom. The highest BCUT2D eigenvalue weighted by Crippen LogP contribution is 2.32. The van der Waals surface area contributed by atoms with E-state index >= 15 is 0 Å². The van der Waals surface area contributed by atoms with Crippen LogP contribution in [-0.2, 0) is 20.1 Å². The number of aryl methyl sites for hydroxylation is 1. The minimum Gasteiger partial charge on any atom is -0.488 e. The molecule has 2 aromatic carbocycles. The second kappa shape index (κ2) is 6.20. The fourth-order valence-corrected chi connectivity index (χ4v) is 2.70. The van der Waals surface area contributed by atoms with E-state index in [1.807, 2.05) is 48.1 Å². The van der Waals surface area contributed by atoms with Crippen LogP contribution in [0.4, 0.5) is 4.39 Å². The minimum absolute atomic E-state index is 0.0502. The summed E-state index contributed by atoms with van der Waals surface area (Å²) < 4.78 is 21.6. The van der Waals surface area contributed by atoms with Crippen molar-refractivity contribution < 1.29 is 14.2 Å². The molecule has 3 nitrogen and oxygen atoms in total. The van der Waals surface area contributed by atoms with Gasteiger partial charge in [-0.3, -0.25) is 0 Å². The van der Waals surface area contributed by atoms with Gasteiger partial charge in [-0.25, -0.2) is 4.39 Å². The van der Waals surface area contributed by atoms with Crippen LogP contribution in [-0.4, -0.2) is 16.3 Å². The van der Waals surface area contributed by atoms with Crippen molar-refractivity contribution in [2.75, 3.05) is 6.61 Å². The number of halogens is 1. The molecule has 0 bridgehead atoms. The molecule has 0 atom stereocenters. The summed E-state index contributed by atoms with van der Waals surface area (Å²) in [6, 6.07) is 12.7. The van der Waals surface area contributed by atoms with Crippen LogP contribution in [0, 0.1) is 5.82 Å². The van der Waals surface area contributed by atoms with E-state index in [1.165, 1.54) is 12.1 Å². The van der Waals surface area contributed by atoms with Crippen molar-refractivity contribution in [2.24, 2.45) is 7.05 Å². The Balaban J connectivity index is 2.00. The third-order valence-corrected chi connectivity index (χ3v) is 3.72. The standard InChI is InChI=1S/C18H18FNO2/c1-20-11-14(7-8-21)18-16(20)9-15(19)10-17(18)22-12-13-5-3-2-4-6-13/h2-6,9-11,21H,7-8,12H2,1H3. The quantitative estimate of drug-likeness (QED) is 0.783. The Labute approximate surface area is 128 Å². The zero-order valence-electron chi connectivity index (χ0n) is 12.4. The molecule has 0 aliphatic carbocycles. The Morgan fingerprint density at radius 2 is 1.95 bits per heavy atom. The summed E-state index contributed by atoms with van der Waals surface area (Å²) in [5, 5.41) is 10.1. The predicted octanol–water partition coefficient (Wildman–Crippen LogP) is 3.43. The number of rotatable bonds is 5. The monoisotopic (exact) mass is 299 g/mol. The SMILES string of the molecule is Cn1cc(CCO)c2c(OCc3ccccc3)cc(F)cc21.